The van der Waals surface area contributed by atoms with Gasteiger partial charge in [0.25, 0.3) is 0 Å². The van der Waals surface area contributed by atoms with Gasteiger partial charge in [0.05, 0.1) is 6.04 Å². The topological polar surface area (TPSA) is 3.24 Å². The molecule has 1 aliphatic heterocycles. The van der Waals surface area contributed by atoms with E-state index in [1.807, 2.05) is 6.92 Å². The Morgan fingerprint density at radius 1 is 1.58 bits per heavy atom. The lowest BCUT2D eigenvalue weighted by Crippen LogP contribution is -2.25. The first-order valence-corrected chi connectivity index (χ1v) is 4.54. The van der Waals surface area contributed by atoms with E-state index in [1.165, 1.54) is 5.57 Å². The second-order valence-electron chi connectivity index (χ2n) is 3.14. The number of nitrogens with zero attached hydrogens (tertiary/aromatic N) is 1. The Hall–Kier alpha value is -0.980. The minimum atomic E-state index is 0.546. The highest BCUT2D eigenvalue weighted by Gasteiger charge is 2.10. The molecule has 0 saturated heterocycles. The van der Waals surface area contributed by atoms with Crippen LogP contribution in [0.4, 0.5) is 0 Å². The van der Waals surface area contributed by atoms with Crippen LogP contribution in [0.15, 0.2) is 36.2 Å². The van der Waals surface area contributed by atoms with Crippen LogP contribution in [0.3, 0.4) is 0 Å². The maximum absolute atomic E-state index is 2.26. The van der Waals surface area contributed by atoms with Crippen LogP contribution in [-0.2, 0) is 0 Å². The molecular formula is C11H17N. The maximum atomic E-state index is 2.26. The van der Waals surface area contributed by atoms with Crippen LogP contribution in [0.25, 0.3) is 0 Å². The van der Waals surface area contributed by atoms with Gasteiger partial charge in [-0.05, 0) is 32.0 Å². The number of hydrogen-bond acceptors (Lipinski definition) is 1. The molecule has 0 radical (unpaired) electrons. The fourth-order valence-electron chi connectivity index (χ4n) is 1.41. The molecule has 1 aliphatic rings. The average Bonchev–Trinajstić information content (AvgIpc) is 2.05. The lowest BCUT2D eigenvalue weighted by atomic mass is 10.1. The van der Waals surface area contributed by atoms with E-state index in [0.29, 0.717) is 6.04 Å². The molecular weight excluding hydrogens is 146 g/mol. The van der Waals surface area contributed by atoms with Crippen molar-refractivity contribution in [2.45, 2.75) is 33.2 Å². The van der Waals surface area contributed by atoms with Crippen molar-refractivity contribution < 1.29 is 0 Å². The molecule has 1 nitrogen and oxygen atoms in total. The largest absolute Gasteiger partial charge is 0.348 e. The SMILES string of the molecule is C/C=C\N1C=C(C)C=CC1CC. The van der Waals surface area contributed by atoms with Crippen molar-refractivity contribution in [3.63, 3.8) is 0 Å². The van der Waals surface area contributed by atoms with Crippen molar-refractivity contribution in [1.82, 2.24) is 4.90 Å². The summed E-state index contributed by atoms with van der Waals surface area (Å²) in [7, 11) is 0. The molecule has 0 aromatic rings. The minimum Gasteiger partial charge on any atom is -0.348 e. The Kier molecular flexibility index (Phi) is 3.15. The third-order valence-corrected chi connectivity index (χ3v) is 2.06. The molecule has 66 valence electrons. The smallest absolute Gasteiger partial charge is 0.0511 e. The third-order valence-electron chi connectivity index (χ3n) is 2.06. The Bertz CT molecular complexity index is 223. The molecule has 0 aliphatic carbocycles. The molecule has 0 bridgehead atoms. The van der Waals surface area contributed by atoms with Crippen LogP contribution in [-0.4, -0.2) is 10.9 Å². The molecule has 1 unspecified atom stereocenters. The summed E-state index contributed by atoms with van der Waals surface area (Å²) in [6.07, 6.45) is 12.0. The van der Waals surface area contributed by atoms with E-state index < -0.39 is 0 Å². The molecule has 0 saturated carbocycles. The Morgan fingerprint density at radius 3 is 2.92 bits per heavy atom. The first kappa shape index (κ1) is 9.11. The maximum Gasteiger partial charge on any atom is 0.0511 e. The minimum absolute atomic E-state index is 0.546. The predicted molar refractivity (Wildman–Crippen MR) is 53.6 cm³/mol. The first-order valence-electron chi connectivity index (χ1n) is 4.54. The summed E-state index contributed by atoms with van der Waals surface area (Å²) in [6.45, 7) is 6.38. The Labute approximate surface area is 75.1 Å². The monoisotopic (exact) mass is 163 g/mol. The van der Waals surface area contributed by atoms with Crippen molar-refractivity contribution in [2.24, 2.45) is 0 Å². The van der Waals surface area contributed by atoms with Gasteiger partial charge in [-0.15, -0.1) is 0 Å². The standard InChI is InChI=1S/C11H17N/c1-4-8-12-9-10(3)6-7-11(12)5-2/h4,6-9,11H,5H2,1-3H3/b8-4-. The molecule has 1 rings (SSSR count). The number of allylic oxidation sites excluding steroid dienone is 3. The van der Waals surface area contributed by atoms with Gasteiger partial charge in [0.15, 0.2) is 0 Å². The summed E-state index contributed by atoms with van der Waals surface area (Å²) in [6, 6.07) is 0.546. The van der Waals surface area contributed by atoms with Gasteiger partial charge in [-0.1, -0.05) is 25.2 Å². The summed E-state index contributed by atoms with van der Waals surface area (Å²) < 4.78 is 0. The second kappa shape index (κ2) is 4.15. The summed E-state index contributed by atoms with van der Waals surface area (Å²) >= 11 is 0. The van der Waals surface area contributed by atoms with Gasteiger partial charge < -0.3 is 4.90 Å². The van der Waals surface area contributed by atoms with Crippen molar-refractivity contribution >= 4 is 0 Å². The van der Waals surface area contributed by atoms with E-state index in [4.69, 9.17) is 0 Å². The normalized spacial score (nSPS) is 23.4. The van der Waals surface area contributed by atoms with E-state index in [-0.39, 0.29) is 0 Å². The van der Waals surface area contributed by atoms with Gasteiger partial charge in [-0.25, -0.2) is 0 Å². The second-order valence-corrected chi connectivity index (χ2v) is 3.14. The summed E-state index contributed by atoms with van der Waals surface area (Å²) in [5.41, 5.74) is 1.32. The molecule has 0 spiro atoms. The van der Waals surface area contributed by atoms with Crippen LogP contribution in [0.5, 0.6) is 0 Å². The van der Waals surface area contributed by atoms with Crippen LogP contribution in [0.1, 0.15) is 27.2 Å². The first-order chi connectivity index (χ1) is 5.77. The van der Waals surface area contributed by atoms with E-state index in [2.05, 4.69) is 49.4 Å². The highest BCUT2D eigenvalue weighted by molar-refractivity contribution is 5.23. The zero-order valence-electron chi connectivity index (χ0n) is 8.12. The summed E-state index contributed by atoms with van der Waals surface area (Å²) in [4.78, 5) is 2.26. The molecule has 0 N–H and O–H groups in total. The zero-order chi connectivity index (χ0) is 8.97. The van der Waals surface area contributed by atoms with Crippen LogP contribution >= 0.6 is 0 Å². The van der Waals surface area contributed by atoms with E-state index >= 15 is 0 Å². The Morgan fingerprint density at radius 2 is 2.33 bits per heavy atom. The summed E-state index contributed by atoms with van der Waals surface area (Å²) in [5.74, 6) is 0. The predicted octanol–water partition coefficient (Wildman–Crippen LogP) is 3.07. The molecule has 1 heteroatoms. The van der Waals surface area contributed by atoms with Crippen molar-refractivity contribution in [3.05, 3.63) is 36.2 Å². The van der Waals surface area contributed by atoms with Crippen molar-refractivity contribution in [1.29, 1.82) is 0 Å². The number of rotatable bonds is 2. The molecule has 0 fully saturated rings. The molecule has 0 amide bonds. The van der Waals surface area contributed by atoms with Gasteiger partial charge in [-0.3, -0.25) is 0 Å². The fraction of sp³-hybridized carbons (Fsp3) is 0.455. The average molecular weight is 163 g/mol. The lowest BCUT2D eigenvalue weighted by Gasteiger charge is -2.27. The molecule has 12 heavy (non-hydrogen) atoms. The highest BCUT2D eigenvalue weighted by atomic mass is 15.1. The van der Waals surface area contributed by atoms with Gasteiger partial charge in [-0.2, -0.15) is 0 Å². The number of hydrogen-bond donors (Lipinski definition) is 0. The fourth-order valence-corrected chi connectivity index (χ4v) is 1.41. The molecule has 1 heterocycles. The van der Waals surface area contributed by atoms with E-state index in [1.54, 1.807) is 0 Å². The molecule has 1 atom stereocenters. The van der Waals surface area contributed by atoms with Gasteiger partial charge in [0.2, 0.25) is 0 Å². The molecule has 0 aromatic carbocycles. The Balaban J connectivity index is 2.74. The van der Waals surface area contributed by atoms with Gasteiger partial charge in [0.1, 0.15) is 0 Å². The lowest BCUT2D eigenvalue weighted by molar-refractivity contribution is 0.407. The van der Waals surface area contributed by atoms with Gasteiger partial charge >= 0.3 is 0 Å². The van der Waals surface area contributed by atoms with Gasteiger partial charge in [0, 0.05) is 6.20 Å². The van der Waals surface area contributed by atoms with Crippen LogP contribution in [0, 0.1) is 0 Å². The van der Waals surface area contributed by atoms with Crippen molar-refractivity contribution in [3.8, 4) is 0 Å². The third kappa shape index (κ3) is 2.00. The van der Waals surface area contributed by atoms with E-state index in [0.717, 1.165) is 6.42 Å². The van der Waals surface area contributed by atoms with Crippen LogP contribution < -0.4 is 0 Å². The van der Waals surface area contributed by atoms with Crippen LogP contribution in [0.2, 0.25) is 0 Å². The zero-order valence-corrected chi connectivity index (χ0v) is 8.12. The van der Waals surface area contributed by atoms with E-state index in [9.17, 15) is 0 Å². The van der Waals surface area contributed by atoms with Crippen molar-refractivity contribution in [2.75, 3.05) is 0 Å². The quantitative estimate of drug-likeness (QED) is 0.604. The highest BCUT2D eigenvalue weighted by Crippen LogP contribution is 2.15. The molecule has 0 aromatic heterocycles. The summed E-state index contributed by atoms with van der Waals surface area (Å²) in [5, 5.41) is 0.